The van der Waals surface area contributed by atoms with Gasteiger partial charge in [-0.15, -0.1) is 0 Å². The van der Waals surface area contributed by atoms with E-state index in [4.69, 9.17) is 7.85 Å². The molecule has 1 aromatic heterocycles. The number of nitrogens with zero attached hydrogens (tertiary/aromatic N) is 2. The predicted molar refractivity (Wildman–Crippen MR) is 126 cm³/mol. The number of fused-ring (bicyclic) bond motifs is 2. The van der Waals surface area contributed by atoms with Gasteiger partial charge in [0, 0.05) is 42.3 Å². The van der Waals surface area contributed by atoms with E-state index >= 15 is 0 Å². The monoisotopic (exact) mass is 416 g/mol. The maximum absolute atomic E-state index is 13.4. The molecular weight excluding hydrogens is 387 g/mol. The van der Waals surface area contributed by atoms with Crippen molar-refractivity contribution >= 4 is 42.5 Å². The fourth-order valence-corrected chi connectivity index (χ4v) is 4.52. The number of H-pyrrole nitrogens is 1. The van der Waals surface area contributed by atoms with E-state index in [1.165, 1.54) is 0 Å². The lowest BCUT2D eigenvalue weighted by Crippen LogP contribution is -2.38. The number of benzene rings is 1. The van der Waals surface area contributed by atoms with E-state index in [9.17, 15) is 9.59 Å². The molecule has 2 aliphatic heterocycles. The molecule has 2 aromatic rings. The first-order valence-electron chi connectivity index (χ1n) is 11.1. The quantitative estimate of drug-likeness (QED) is 0.561. The molecule has 2 radical (unpaired) electrons. The summed E-state index contributed by atoms with van der Waals surface area (Å²) in [5.41, 5.74) is 6.15. The molecule has 3 heterocycles. The zero-order chi connectivity index (χ0) is 22.1. The van der Waals surface area contributed by atoms with Crippen LogP contribution >= 0.6 is 0 Å². The van der Waals surface area contributed by atoms with Crippen LogP contribution in [-0.4, -0.2) is 67.2 Å². The van der Waals surface area contributed by atoms with Gasteiger partial charge in [-0.05, 0) is 50.6 Å². The third-order valence-corrected chi connectivity index (χ3v) is 6.42. The van der Waals surface area contributed by atoms with E-state index in [0.29, 0.717) is 11.0 Å². The second-order valence-electron chi connectivity index (χ2n) is 8.26. The van der Waals surface area contributed by atoms with Gasteiger partial charge in [0.2, 0.25) is 0 Å². The van der Waals surface area contributed by atoms with Crippen molar-refractivity contribution in [2.75, 3.05) is 38.0 Å². The Morgan fingerprint density at radius 1 is 1.23 bits per heavy atom. The standard InChI is InChI=1S/C24H29BN4O2/c1-4-28(5-2)11-12-29-10-6-7-20-22(24(29)31)15(3)21(26-20)14-18-17-13-16(25)8-9-19(17)27-23(18)30/h8-9,13-14,26H,4-7,10-12H2,1-3H3,(H,27,30)/b18-14-. The van der Waals surface area contributed by atoms with Crippen LogP contribution in [0.5, 0.6) is 0 Å². The number of hydrogen-bond acceptors (Lipinski definition) is 3. The number of rotatable bonds is 6. The minimum Gasteiger partial charge on any atom is -0.358 e. The van der Waals surface area contributed by atoms with E-state index < -0.39 is 0 Å². The largest absolute Gasteiger partial charge is 0.358 e. The lowest BCUT2D eigenvalue weighted by molar-refractivity contribution is -0.110. The molecule has 0 saturated carbocycles. The number of aromatic nitrogens is 1. The lowest BCUT2D eigenvalue weighted by Gasteiger charge is -2.25. The summed E-state index contributed by atoms with van der Waals surface area (Å²) in [5, 5.41) is 2.88. The SMILES string of the molecule is [B]c1ccc2c(c1)/C(=C/c1[nH]c3c(c1C)C(=O)N(CCN(CC)CC)CCC3)C(=O)N2. The summed E-state index contributed by atoms with van der Waals surface area (Å²) in [6.45, 7) is 10.6. The van der Waals surface area contributed by atoms with Crippen LogP contribution in [-0.2, 0) is 11.2 Å². The van der Waals surface area contributed by atoms with Crippen LogP contribution in [0.1, 0.15) is 53.1 Å². The van der Waals surface area contributed by atoms with Crippen LogP contribution in [0.15, 0.2) is 18.2 Å². The molecule has 0 bridgehead atoms. The minimum atomic E-state index is -0.156. The fourth-order valence-electron chi connectivity index (χ4n) is 4.52. The first-order chi connectivity index (χ1) is 14.9. The van der Waals surface area contributed by atoms with Crippen LogP contribution in [0.3, 0.4) is 0 Å². The van der Waals surface area contributed by atoms with Crippen molar-refractivity contribution in [3.63, 3.8) is 0 Å². The normalized spacial score (nSPS) is 17.2. The molecule has 2 amide bonds. The third kappa shape index (κ3) is 4.06. The Morgan fingerprint density at radius 2 is 2.00 bits per heavy atom. The van der Waals surface area contributed by atoms with Crippen molar-refractivity contribution in [3.05, 3.63) is 46.3 Å². The molecule has 6 nitrogen and oxygen atoms in total. The van der Waals surface area contributed by atoms with E-state index in [1.54, 1.807) is 6.07 Å². The third-order valence-electron chi connectivity index (χ3n) is 6.42. The van der Waals surface area contributed by atoms with Crippen molar-refractivity contribution in [1.82, 2.24) is 14.8 Å². The van der Waals surface area contributed by atoms with E-state index in [2.05, 4.69) is 29.0 Å². The average Bonchev–Trinajstić information content (AvgIpc) is 3.17. The van der Waals surface area contributed by atoms with Crippen LogP contribution in [0.25, 0.3) is 11.6 Å². The summed E-state index contributed by atoms with van der Waals surface area (Å²) >= 11 is 0. The van der Waals surface area contributed by atoms with Gasteiger partial charge in [0.25, 0.3) is 11.8 Å². The average molecular weight is 416 g/mol. The van der Waals surface area contributed by atoms with Crippen molar-refractivity contribution in [2.45, 2.75) is 33.6 Å². The number of likely N-dealkylation sites (N-methyl/N-ethyl adjacent to an activating group) is 1. The Bertz CT molecular complexity index is 1050. The summed E-state index contributed by atoms with van der Waals surface area (Å²) in [6.07, 6.45) is 3.59. The summed E-state index contributed by atoms with van der Waals surface area (Å²) in [5.74, 6) is -0.0736. The molecule has 0 atom stereocenters. The highest BCUT2D eigenvalue weighted by Gasteiger charge is 2.29. The second-order valence-corrected chi connectivity index (χ2v) is 8.26. The number of nitrogens with one attached hydrogen (secondary N) is 2. The number of aromatic amines is 1. The predicted octanol–water partition coefficient (Wildman–Crippen LogP) is 2.34. The number of anilines is 1. The highest BCUT2D eigenvalue weighted by molar-refractivity contribution is 6.37. The number of carbonyl (C=O) groups is 2. The van der Waals surface area contributed by atoms with Gasteiger partial charge in [0.05, 0.1) is 11.1 Å². The summed E-state index contributed by atoms with van der Waals surface area (Å²) < 4.78 is 0. The highest BCUT2D eigenvalue weighted by Crippen LogP contribution is 2.34. The molecule has 160 valence electrons. The van der Waals surface area contributed by atoms with Gasteiger partial charge in [-0.2, -0.15) is 0 Å². The Morgan fingerprint density at radius 3 is 2.74 bits per heavy atom. The van der Waals surface area contributed by atoms with Gasteiger partial charge in [0.15, 0.2) is 0 Å². The Balaban J connectivity index is 1.65. The van der Waals surface area contributed by atoms with E-state index in [0.717, 1.165) is 79.3 Å². The number of amides is 2. The Labute approximate surface area is 185 Å². The summed E-state index contributed by atoms with van der Waals surface area (Å²) in [4.78, 5) is 33.7. The van der Waals surface area contributed by atoms with E-state index in [1.807, 2.05) is 30.0 Å². The van der Waals surface area contributed by atoms with Gasteiger partial charge in [0.1, 0.15) is 7.85 Å². The van der Waals surface area contributed by atoms with Crippen LogP contribution in [0.2, 0.25) is 0 Å². The van der Waals surface area contributed by atoms with Crippen LogP contribution in [0.4, 0.5) is 5.69 Å². The molecule has 0 unspecified atom stereocenters. The molecule has 1 aromatic carbocycles. The zero-order valence-electron chi connectivity index (χ0n) is 18.5. The van der Waals surface area contributed by atoms with E-state index in [-0.39, 0.29) is 11.8 Å². The molecule has 0 spiro atoms. The van der Waals surface area contributed by atoms with Crippen molar-refractivity contribution < 1.29 is 9.59 Å². The molecule has 2 aliphatic rings. The molecule has 0 aliphatic carbocycles. The van der Waals surface area contributed by atoms with Crippen molar-refractivity contribution in [3.8, 4) is 0 Å². The smallest absolute Gasteiger partial charge is 0.256 e. The fraction of sp³-hybridized carbons (Fsp3) is 0.417. The Hall–Kier alpha value is -2.80. The summed E-state index contributed by atoms with van der Waals surface area (Å²) in [6, 6.07) is 5.40. The topological polar surface area (TPSA) is 68.4 Å². The maximum atomic E-state index is 13.4. The molecule has 2 N–H and O–H groups in total. The van der Waals surface area contributed by atoms with Gasteiger partial charge >= 0.3 is 0 Å². The molecule has 0 fully saturated rings. The highest BCUT2D eigenvalue weighted by atomic mass is 16.2. The number of carbonyl (C=O) groups excluding carboxylic acids is 2. The molecule has 4 rings (SSSR count). The number of hydrogen-bond donors (Lipinski definition) is 2. The second kappa shape index (κ2) is 8.75. The zero-order valence-corrected chi connectivity index (χ0v) is 18.5. The Kier molecular flexibility index (Phi) is 6.05. The molecular formula is C24H29BN4O2. The van der Waals surface area contributed by atoms with Crippen molar-refractivity contribution in [2.24, 2.45) is 0 Å². The maximum Gasteiger partial charge on any atom is 0.256 e. The lowest BCUT2D eigenvalue weighted by atomic mass is 9.92. The first kappa shape index (κ1) is 21.4. The van der Waals surface area contributed by atoms with Crippen molar-refractivity contribution in [1.29, 1.82) is 0 Å². The van der Waals surface area contributed by atoms with Gasteiger partial charge in [-0.25, -0.2) is 0 Å². The molecule has 7 heteroatoms. The first-order valence-corrected chi connectivity index (χ1v) is 11.1. The number of aryl methyl sites for hydroxylation is 1. The minimum absolute atomic E-state index is 0.0820. The summed E-state index contributed by atoms with van der Waals surface area (Å²) in [7, 11) is 5.93. The van der Waals surface area contributed by atoms with Crippen LogP contribution < -0.4 is 10.8 Å². The van der Waals surface area contributed by atoms with Gasteiger partial charge in [-0.3, -0.25) is 9.59 Å². The van der Waals surface area contributed by atoms with Gasteiger partial charge in [-0.1, -0.05) is 31.4 Å². The van der Waals surface area contributed by atoms with Crippen LogP contribution in [0, 0.1) is 6.92 Å². The molecule has 31 heavy (non-hydrogen) atoms. The van der Waals surface area contributed by atoms with Gasteiger partial charge < -0.3 is 20.1 Å². The molecule has 0 saturated heterocycles.